The van der Waals surface area contributed by atoms with Crippen molar-refractivity contribution in [1.82, 2.24) is 0 Å². The summed E-state index contributed by atoms with van der Waals surface area (Å²) >= 11 is 0. The van der Waals surface area contributed by atoms with E-state index in [2.05, 4.69) is 72.2 Å². The Kier molecular flexibility index (Phi) is 2.25. The summed E-state index contributed by atoms with van der Waals surface area (Å²) in [7, 11) is 0. The molecular weight excluding hydrogens is 270 g/mol. The first-order valence-corrected chi connectivity index (χ1v) is 7.38. The van der Waals surface area contributed by atoms with E-state index in [0.717, 1.165) is 11.4 Å². The Bertz CT molecular complexity index is 951. The minimum absolute atomic E-state index is 0.877. The molecule has 4 aromatic rings. The van der Waals surface area contributed by atoms with E-state index in [9.17, 15) is 0 Å². The molecule has 0 spiro atoms. The zero-order chi connectivity index (χ0) is 14.5. The lowest BCUT2D eigenvalue weighted by Crippen LogP contribution is -2.12. The molecule has 2 heteroatoms. The Morgan fingerprint density at radius 2 is 1.23 bits per heavy atom. The van der Waals surface area contributed by atoms with Gasteiger partial charge in [0.2, 0.25) is 0 Å². The molecule has 0 amide bonds. The number of hydrogen-bond donors (Lipinski definition) is 1. The van der Waals surface area contributed by atoms with Crippen LogP contribution in [0.15, 0.2) is 72.8 Å². The van der Waals surface area contributed by atoms with Crippen molar-refractivity contribution in [3.8, 4) is 16.9 Å². The van der Waals surface area contributed by atoms with E-state index >= 15 is 0 Å². The lowest BCUT2D eigenvalue weighted by atomic mass is 9.91. The van der Waals surface area contributed by atoms with Crippen molar-refractivity contribution < 1.29 is 4.84 Å². The Morgan fingerprint density at radius 1 is 0.591 bits per heavy atom. The molecule has 2 nitrogen and oxygen atoms in total. The van der Waals surface area contributed by atoms with Crippen molar-refractivity contribution in [2.24, 2.45) is 0 Å². The fourth-order valence-corrected chi connectivity index (χ4v) is 3.33. The number of hydrogen-bond acceptors (Lipinski definition) is 2. The molecule has 0 saturated carbocycles. The van der Waals surface area contributed by atoms with Crippen molar-refractivity contribution in [2.75, 3.05) is 5.48 Å². The minimum atomic E-state index is 0.877. The predicted molar refractivity (Wildman–Crippen MR) is 91.1 cm³/mol. The molecule has 0 atom stereocenters. The van der Waals surface area contributed by atoms with Gasteiger partial charge in [-0.1, -0.05) is 60.7 Å². The van der Waals surface area contributed by atoms with Gasteiger partial charge >= 0.3 is 0 Å². The van der Waals surface area contributed by atoms with Crippen LogP contribution in [0.1, 0.15) is 0 Å². The van der Waals surface area contributed by atoms with Gasteiger partial charge in [-0.15, -0.1) is 0 Å². The van der Waals surface area contributed by atoms with Crippen molar-refractivity contribution in [2.45, 2.75) is 0 Å². The Morgan fingerprint density at radius 3 is 2.00 bits per heavy atom. The van der Waals surface area contributed by atoms with Crippen molar-refractivity contribution in [1.29, 1.82) is 0 Å². The maximum absolute atomic E-state index is 5.76. The SMILES string of the molecule is c1ccc2c3c(ccc2c1)NOc1ccc2ccccc2c1-3. The zero-order valence-electron chi connectivity index (χ0n) is 11.8. The maximum Gasteiger partial charge on any atom is 0.163 e. The van der Waals surface area contributed by atoms with Gasteiger partial charge < -0.3 is 4.84 Å². The summed E-state index contributed by atoms with van der Waals surface area (Å²) in [5, 5.41) is 4.93. The highest BCUT2D eigenvalue weighted by Crippen LogP contribution is 2.46. The average molecular weight is 283 g/mol. The van der Waals surface area contributed by atoms with Gasteiger partial charge in [-0.25, -0.2) is 5.48 Å². The predicted octanol–water partition coefficient (Wildman–Crippen LogP) is 5.38. The quantitative estimate of drug-likeness (QED) is 0.468. The van der Waals surface area contributed by atoms with Crippen LogP contribution in [0, 0.1) is 0 Å². The van der Waals surface area contributed by atoms with Crippen molar-refractivity contribution >= 4 is 27.2 Å². The smallest absolute Gasteiger partial charge is 0.163 e. The summed E-state index contributed by atoms with van der Waals surface area (Å²) in [6.07, 6.45) is 0. The monoisotopic (exact) mass is 283 g/mol. The molecule has 1 aliphatic heterocycles. The Labute approximate surface area is 127 Å². The number of fused-ring (bicyclic) bond motifs is 7. The number of rotatable bonds is 0. The van der Waals surface area contributed by atoms with Crippen LogP contribution in [-0.4, -0.2) is 0 Å². The van der Waals surface area contributed by atoms with Gasteiger partial charge in [0.25, 0.3) is 0 Å². The van der Waals surface area contributed by atoms with E-state index in [0.29, 0.717) is 0 Å². The van der Waals surface area contributed by atoms with Crippen LogP contribution in [0.3, 0.4) is 0 Å². The van der Waals surface area contributed by atoms with E-state index in [4.69, 9.17) is 4.84 Å². The lowest BCUT2D eigenvalue weighted by molar-refractivity contribution is 0.403. The molecule has 22 heavy (non-hydrogen) atoms. The van der Waals surface area contributed by atoms with Crippen LogP contribution in [0.2, 0.25) is 0 Å². The third-order valence-corrected chi connectivity index (χ3v) is 4.34. The number of anilines is 1. The fraction of sp³-hybridized carbons (Fsp3) is 0. The molecule has 0 bridgehead atoms. The van der Waals surface area contributed by atoms with Crippen LogP contribution < -0.4 is 10.3 Å². The molecule has 4 aromatic carbocycles. The summed E-state index contributed by atoms with van der Waals surface area (Å²) in [6.45, 7) is 0. The first-order chi connectivity index (χ1) is 10.9. The van der Waals surface area contributed by atoms with Crippen molar-refractivity contribution in [3.63, 3.8) is 0 Å². The summed E-state index contributed by atoms with van der Waals surface area (Å²) < 4.78 is 0. The second kappa shape index (κ2) is 4.25. The highest BCUT2D eigenvalue weighted by Gasteiger charge is 2.21. The molecule has 0 unspecified atom stereocenters. The topological polar surface area (TPSA) is 21.3 Å². The normalized spacial score (nSPS) is 12.4. The van der Waals surface area contributed by atoms with E-state index in [-0.39, 0.29) is 0 Å². The average Bonchev–Trinajstić information content (AvgIpc) is 2.60. The summed E-state index contributed by atoms with van der Waals surface area (Å²) in [6, 6.07) is 25.3. The molecule has 0 saturated heterocycles. The zero-order valence-corrected chi connectivity index (χ0v) is 11.8. The molecular formula is C20H13NO. The molecule has 1 heterocycles. The number of nitrogens with one attached hydrogen (secondary N) is 1. The Hall–Kier alpha value is -3.00. The summed E-state index contributed by atoms with van der Waals surface area (Å²) in [4.78, 5) is 5.76. The van der Waals surface area contributed by atoms with E-state index < -0.39 is 0 Å². The third-order valence-electron chi connectivity index (χ3n) is 4.34. The van der Waals surface area contributed by atoms with Crippen molar-refractivity contribution in [3.05, 3.63) is 72.8 Å². The highest BCUT2D eigenvalue weighted by atomic mass is 16.6. The standard InChI is InChI=1S/C20H13NO/c1-3-7-15-13(5-1)9-11-17-19(15)20-16-8-4-2-6-14(16)10-12-18(20)22-21-17/h1-12,21H. The number of benzene rings is 4. The summed E-state index contributed by atoms with van der Waals surface area (Å²) in [5.41, 5.74) is 6.48. The second-order valence-electron chi connectivity index (χ2n) is 5.57. The van der Waals surface area contributed by atoms with E-state index in [1.165, 1.54) is 32.7 Å². The van der Waals surface area contributed by atoms with Gasteiger partial charge in [0.05, 0.1) is 5.69 Å². The van der Waals surface area contributed by atoms with Gasteiger partial charge in [-0.05, 0) is 33.7 Å². The third kappa shape index (κ3) is 1.49. The van der Waals surface area contributed by atoms with Gasteiger partial charge in [0.1, 0.15) is 0 Å². The second-order valence-corrected chi connectivity index (χ2v) is 5.57. The Balaban J connectivity index is 2.00. The molecule has 0 aliphatic carbocycles. The first kappa shape index (κ1) is 11.6. The molecule has 1 N–H and O–H groups in total. The molecule has 0 radical (unpaired) electrons. The van der Waals surface area contributed by atoms with Gasteiger partial charge in [0.15, 0.2) is 5.75 Å². The van der Waals surface area contributed by atoms with Crippen LogP contribution >= 0.6 is 0 Å². The molecule has 0 aromatic heterocycles. The van der Waals surface area contributed by atoms with Crippen LogP contribution in [-0.2, 0) is 0 Å². The van der Waals surface area contributed by atoms with Crippen LogP contribution in [0.5, 0.6) is 5.75 Å². The van der Waals surface area contributed by atoms with Crippen LogP contribution in [0.4, 0.5) is 5.69 Å². The van der Waals surface area contributed by atoms with E-state index in [1.54, 1.807) is 0 Å². The molecule has 0 fully saturated rings. The van der Waals surface area contributed by atoms with Gasteiger partial charge in [0, 0.05) is 11.1 Å². The molecule has 1 aliphatic rings. The molecule has 5 rings (SSSR count). The lowest BCUT2D eigenvalue weighted by Gasteiger charge is -2.24. The van der Waals surface area contributed by atoms with Gasteiger partial charge in [-0.3, -0.25) is 0 Å². The first-order valence-electron chi connectivity index (χ1n) is 7.38. The maximum atomic E-state index is 5.76. The van der Waals surface area contributed by atoms with Crippen LogP contribution in [0.25, 0.3) is 32.7 Å². The minimum Gasteiger partial charge on any atom is -0.381 e. The fourth-order valence-electron chi connectivity index (χ4n) is 3.33. The summed E-state index contributed by atoms with van der Waals surface area (Å²) in [5.74, 6) is 0.877. The van der Waals surface area contributed by atoms with E-state index in [1.807, 2.05) is 6.07 Å². The molecule has 104 valence electrons. The highest BCUT2D eigenvalue weighted by molar-refractivity contribution is 6.12. The van der Waals surface area contributed by atoms with Gasteiger partial charge in [-0.2, -0.15) is 0 Å². The largest absolute Gasteiger partial charge is 0.381 e.